The van der Waals surface area contributed by atoms with Gasteiger partial charge in [-0.2, -0.15) is 0 Å². The van der Waals surface area contributed by atoms with Crippen molar-refractivity contribution in [2.45, 2.75) is 51.6 Å². The van der Waals surface area contributed by atoms with Crippen molar-refractivity contribution in [1.29, 1.82) is 0 Å². The monoisotopic (exact) mass is 457 g/mol. The fourth-order valence-electron chi connectivity index (χ4n) is 6.26. The number of nitrogens with one attached hydrogen (secondary N) is 1. The maximum absolute atomic E-state index is 13.1. The number of aliphatic hydroxyl groups is 1. The number of carbonyl (C=O) groups is 4. The molecule has 3 aliphatic rings. The Morgan fingerprint density at radius 1 is 1.18 bits per heavy atom. The van der Waals surface area contributed by atoms with Crippen molar-refractivity contribution in [3.05, 3.63) is 29.8 Å². The van der Waals surface area contributed by atoms with Crippen molar-refractivity contribution < 1.29 is 39.6 Å². The molecule has 4 rings (SSSR count). The summed E-state index contributed by atoms with van der Waals surface area (Å²) in [6, 6.07) is 2.05. The zero-order valence-electron chi connectivity index (χ0n) is 18.4. The molecular formula is C24H27NO8. The van der Waals surface area contributed by atoms with Gasteiger partial charge in [-0.15, -0.1) is 0 Å². The fourth-order valence-corrected chi connectivity index (χ4v) is 6.26. The lowest BCUT2D eigenvalue weighted by atomic mass is 9.52. The molecule has 0 saturated heterocycles. The van der Waals surface area contributed by atoms with Gasteiger partial charge < -0.3 is 25.7 Å². The Morgan fingerprint density at radius 3 is 2.55 bits per heavy atom. The minimum atomic E-state index is -1.43. The summed E-state index contributed by atoms with van der Waals surface area (Å²) < 4.78 is 0. The first-order chi connectivity index (χ1) is 15.3. The molecule has 1 aromatic carbocycles. The molecule has 3 aliphatic carbocycles. The lowest BCUT2D eigenvalue weighted by Gasteiger charge is -2.49. The Balaban J connectivity index is 1.56. The van der Waals surface area contributed by atoms with Gasteiger partial charge in [0.1, 0.15) is 22.8 Å². The molecule has 0 aliphatic heterocycles. The van der Waals surface area contributed by atoms with Crippen LogP contribution in [0.3, 0.4) is 0 Å². The van der Waals surface area contributed by atoms with Crippen molar-refractivity contribution in [2.24, 2.45) is 22.7 Å². The predicted molar refractivity (Wildman–Crippen MR) is 116 cm³/mol. The molecule has 176 valence electrons. The van der Waals surface area contributed by atoms with E-state index in [4.69, 9.17) is 5.11 Å². The van der Waals surface area contributed by atoms with E-state index in [1.54, 1.807) is 19.9 Å². The second kappa shape index (κ2) is 7.41. The zero-order chi connectivity index (χ0) is 24.3. The number of hydrogen-bond acceptors (Lipinski definition) is 7. The van der Waals surface area contributed by atoms with Crippen LogP contribution in [0.1, 0.15) is 56.3 Å². The lowest BCUT2D eigenvalue weighted by Crippen LogP contribution is -2.52. The molecule has 0 heterocycles. The van der Waals surface area contributed by atoms with Gasteiger partial charge in [-0.25, -0.2) is 4.79 Å². The second-order valence-electron chi connectivity index (χ2n) is 10.1. The van der Waals surface area contributed by atoms with Crippen LogP contribution in [0.4, 0.5) is 5.69 Å². The Morgan fingerprint density at radius 2 is 1.88 bits per heavy atom. The SMILES string of the molecule is C[C@]1(O)C[C@@]23C=CC(=O)[C@@](C)(CCC(=O)Nc4c(O)ccc(C(=O)O)c4O)[C@@H]2C(=O)C[C@@H]1C3. The number of rotatable bonds is 5. The van der Waals surface area contributed by atoms with E-state index in [0.29, 0.717) is 12.8 Å². The number of Topliss-reactive ketones (excluding diaryl/α,β-unsaturated/α-hetero) is 1. The Labute approximate surface area is 190 Å². The molecule has 1 aromatic rings. The van der Waals surface area contributed by atoms with Gasteiger partial charge in [-0.1, -0.05) is 13.0 Å². The number of fused-ring (bicyclic) bond motifs is 1. The lowest BCUT2D eigenvalue weighted by molar-refractivity contribution is -0.146. The highest BCUT2D eigenvalue weighted by Gasteiger charge is 2.65. The third-order valence-corrected chi connectivity index (χ3v) is 7.83. The summed E-state index contributed by atoms with van der Waals surface area (Å²) >= 11 is 0. The second-order valence-corrected chi connectivity index (χ2v) is 10.1. The molecule has 2 bridgehead atoms. The van der Waals surface area contributed by atoms with Gasteiger partial charge in [0, 0.05) is 29.6 Å². The normalized spacial score (nSPS) is 34.8. The van der Waals surface area contributed by atoms with Crippen LogP contribution in [0, 0.1) is 22.7 Å². The number of amides is 1. The Bertz CT molecular complexity index is 1110. The summed E-state index contributed by atoms with van der Waals surface area (Å²) in [5, 5.41) is 42.4. The van der Waals surface area contributed by atoms with Crippen LogP contribution in [-0.4, -0.2) is 49.5 Å². The Hall–Kier alpha value is -3.20. The number of aromatic carboxylic acids is 1. The summed E-state index contributed by atoms with van der Waals surface area (Å²) in [7, 11) is 0. The molecular weight excluding hydrogens is 430 g/mol. The number of anilines is 1. The Kier molecular flexibility index (Phi) is 5.16. The van der Waals surface area contributed by atoms with Crippen molar-refractivity contribution >= 4 is 29.1 Å². The maximum atomic E-state index is 13.1. The first-order valence-corrected chi connectivity index (χ1v) is 10.9. The van der Waals surface area contributed by atoms with Crippen LogP contribution in [0.15, 0.2) is 24.3 Å². The van der Waals surface area contributed by atoms with Gasteiger partial charge in [0.2, 0.25) is 5.91 Å². The van der Waals surface area contributed by atoms with E-state index < -0.39 is 57.0 Å². The molecule has 0 radical (unpaired) electrons. The van der Waals surface area contributed by atoms with Gasteiger partial charge in [-0.05, 0) is 50.3 Å². The predicted octanol–water partition coefficient (Wildman–Crippen LogP) is 2.40. The number of carboxylic acid groups (broad SMARTS) is 1. The van der Waals surface area contributed by atoms with Crippen molar-refractivity contribution in [3.8, 4) is 11.5 Å². The highest BCUT2D eigenvalue weighted by molar-refractivity contribution is 6.03. The minimum absolute atomic E-state index is 0.0348. The van der Waals surface area contributed by atoms with E-state index in [2.05, 4.69) is 5.32 Å². The molecule has 5 N–H and O–H groups in total. The minimum Gasteiger partial charge on any atom is -0.506 e. The van der Waals surface area contributed by atoms with E-state index in [0.717, 1.165) is 12.1 Å². The van der Waals surface area contributed by atoms with Crippen LogP contribution >= 0.6 is 0 Å². The quantitative estimate of drug-likeness (QED) is 0.421. The van der Waals surface area contributed by atoms with Gasteiger partial charge in [0.05, 0.1) is 5.60 Å². The number of phenolic OH excluding ortho intramolecular Hbond substituents is 1. The summed E-state index contributed by atoms with van der Waals surface area (Å²) in [5.74, 6) is -4.54. The van der Waals surface area contributed by atoms with Crippen LogP contribution in [0.25, 0.3) is 0 Å². The van der Waals surface area contributed by atoms with Crippen molar-refractivity contribution in [2.75, 3.05) is 5.32 Å². The van der Waals surface area contributed by atoms with Gasteiger partial charge in [0.25, 0.3) is 0 Å². The molecule has 9 heteroatoms. The number of carbonyl (C=O) groups excluding carboxylic acids is 3. The summed E-state index contributed by atoms with van der Waals surface area (Å²) in [6.07, 6.45) is 4.22. The highest BCUT2D eigenvalue weighted by Crippen LogP contribution is 2.64. The number of allylic oxidation sites excluding steroid dienone is 2. The smallest absolute Gasteiger partial charge is 0.339 e. The standard InChI is InChI=1S/C24H27NO8/c1-22(7-6-17(29)25-18-14(26)4-3-13(19(18)30)21(31)32)16(28)5-8-24-10-12(23(2,33)11-24)9-15(27)20(22)24/h3-5,8,12,20,26,30,33H,6-7,9-11H2,1-2H3,(H,25,29)(H,31,32)/t12-,20+,22-,23+,24+/m1/s1. The van der Waals surface area contributed by atoms with Crippen LogP contribution in [0.5, 0.6) is 11.5 Å². The van der Waals surface area contributed by atoms with Crippen molar-refractivity contribution in [3.63, 3.8) is 0 Å². The zero-order valence-corrected chi connectivity index (χ0v) is 18.4. The first-order valence-electron chi connectivity index (χ1n) is 10.9. The number of carboxylic acids is 1. The molecule has 2 fully saturated rings. The number of aromatic hydroxyl groups is 2. The fraction of sp³-hybridized carbons (Fsp3) is 0.500. The summed E-state index contributed by atoms with van der Waals surface area (Å²) in [5.41, 5.74) is -3.70. The third-order valence-electron chi connectivity index (χ3n) is 7.83. The van der Waals surface area contributed by atoms with E-state index >= 15 is 0 Å². The largest absolute Gasteiger partial charge is 0.506 e. The van der Waals surface area contributed by atoms with Gasteiger partial charge in [-0.3, -0.25) is 14.4 Å². The van der Waals surface area contributed by atoms with Crippen LogP contribution in [-0.2, 0) is 14.4 Å². The average Bonchev–Trinajstić information content (AvgIpc) is 2.91. The molecule has 1 spiro atoms. The third kappa shape index (κ3) is 3.51. The van der Waals surface area contributed by atoms with Crippen LogP contribution < -0.4 is 5.32 Å². The summed E-state index contributed by atoms with van der Waals surface area (Å²) in [6.45, 7) is 3.39. The number of phenols is 2. The molecule has 5 atom stereocenters. The van der Waals surface area contributed by atoms with E-state index in [1.165, 1.54) is 6.08 Å². The number of ketones is 2. The van der Waals surface area contributed by atoms with Crippen molar-refractivity contribution in [1.82, 2.24) is 0 Å². The molecule has 0 aromatic heterocycles. The number of hydrogen-bond donors (Lipinski definition) is 5. The van der Waals surface area contributed by atoms with Gasteiger partial charge >= 0.3 is 5.97 Å². The average molecular weight is 457 g/mol. The first kappa shape index (κ1) is 23.0. The number of benzene rings is 1. The molecule has 2 saturated carbocycles. The van der Waals surface area contributed by atoms with Gasteiger partial charge in [0.15, 0.2) is 11.5 Å². The van der Waals surface area contributed by atoms with Crippen LogP contribution in [0.2, 0.25) is 0 Å². The summed E-state index contributed by atoms with van der Waals surface area (Å²) in [4.78, 5) is 50.0. The molecule has 0 unspecified atom stereocenters. The maximum Gasteiger partial charge on any atom is 0.339 e. The van der Waals surface area contributed by atoms with E-state index in [9.17, 15) is 34.5 Å². The molecule has 9 nitrogen and oxygen atoms in total. The highest BCUT2D eigenvalue weighted by atomic mass is 16.4. The van der Waals surface area contributed by atoms with E-state index in [-0.39, 0.29) is 36.7 Å². The molecule has 33 heavy (non-hydrogen) atoms. The molecule has 1 amide bonds. The topological polar surface area (TPSA) is 161 Å². The van der Waals surface area contributed by atoms with E-state index in [1.807, 2.05) is 0 Å².